The van der Waals surface area contributed by atoms with Gasteiger partial charge in [-0.1, -0.05) is 29.8 Å². The van der Waals surface area contributed by atoms with E-state index in [4.69, 9.17) is 11.6 Å². The molecule has 30 heavy (non-hydrogen) atoms. The number of halogens is 1. The number of benzene rings is 1. The van der Waals surface area contributed by atoms with E-state index in [1.165, 1.54) is 21.1 Å². The highest BCUT2D eigenvalue weighted by Crippen LogP contribution is 2.33. The molecule has 1 aliphatic heterocycles. The van der Waals surface area contributed by atoms with E-state index in [9.17, 15) is 4.79 Å². The minimum Gasteiger partial charge on any atom is -0.308 e. The summed E-state index contributed by atoms with van der Waals surface area (Å²) in [6.07, 6.45) is 0. The number of nitrogens with one attached hydrogen (secondary N) is 1. The molecule has 0 aliphatic carbocycles. The van der Waals surface area contributed by atoms with Crippen molar-refractivity contribution in [2.24, 2.45) is 0 Å². The Morgan fingerprint density at radius 1 is 1.00 bits per heavy atom. The Morgan fingerprint density at radius 3 is 2.57 bits per heavy atom. The first-order chi connectivity index (χ1) is 14.7. The van der Waals surface area contributed by atoms with Gasteiger partial charge >= 0.3 is 0 Å². The Hall–Kier alpha value is -2.03. The summed E-state index contributed by atoms with van der Waals surface area (Å²) in [5.74, 6) is 0.752. The van der Waals surface area contributed by atoms with Gasteiger partial charge in [-0.15, -0.1) is 22.7 Å². The van der Waals surface area contributed by atoms with Crippen LogP contribution in [-0.4, -0.2) is 45.9 Å². The molecular weight excluding hydrogens is 436 g/mol. The molecule has 4 aromatic rings. The second-order valence-corrected chi connectivity index (χ2v) is 9.94. The maximum absolute atomic E-state index is 12.2. The van der Waals surface area contributed by atoms with E-state index in [0.29, 0.717) is 11.2 Å². The molecule has 154 valence electrons. The van der Waals surface area contributed by atoms with Crippen LogP contribution in [0, 0.1) is 0 Å². The van der Waals surface area contributed by atoms with E-state index in [2.05, 4.69) is 38.0 Å². The third-order valence-electron chi connectivity index (χ3n) is 5.38. The van der Waals surface area contributed by atoms with Crippen LogP contribution in [0.3, 0.4) is 0 Å². The zero-order valence-electron chi connectivity index (χ0n) is 16.3. The van der Waals surface area contributed by atoms with Crippen LogP contribution in [0.25, 0.3) is 20.7 Å². The summed E-state index contributed by atoms with van der Waals surface area (Å²) in [4.78, 5) is 27.1. The molecule has 0 spiro atoms. The molecule has 1 saturated heterocycles. The van der Waals surface area contributed by atoms with E-state index < -0.39 is 0 Å². The van der Waals surface area contributed by atoms with Gasteiger partial charge in [0.15, 0.2) is 0 Å². The summed E-state index contributed by atoms with van der Waals surface area (Å²) >= 11 is 9.59. The summed E-state index contributed by atoms with van der Waals surface area (Å²) in [5, 5.41) is 2.71. The predicted molar refractivity (Wildman–Crippen MR) is 126 cm³/mol. The highest BCUT2D eigenvalue weighted by Gasteiger charge is 2.19. The minimum absolute atomic E-state index is 0.0318. The zero-order valence-corrected chi connectivity index (χ0v) is 18.7. The average Bonchev–Trinajstić information content (AvgIpc) is 3.40. The summed E-state index contributed by atoms with van der Waals surface area (Å²) in [7, 11) is 0. The zero-order chi connectivity index (χ0) is 20.5. The molecule has 0 radical (unpaired) electrons. The van der Waals surface area contributed by atoms with Crippen LogP contribution in [0.15, 0.2) is 52.6 Å². The Morgan fingerprint density at radius 2 is 1.77 bits per heavy atom. The SMILES string of the molecule is O=c1[nH]c(CN2CCN(Cc3ccc(-c4ccccc4Cl)s3)CC2)nc2ccsc12. The Balaban J connectivity index is 1.18. The van der Waals surface area contributed by atoms with Crippen LogP contribution in [-0.2, 0) is 13.1 Å². The lowest BCUT2D eigenvalue weighted by atomic mass is 10.2. The minimum atomic E-state index is -0.0318. The Bertz CT molecular complexity index is 1220. The molecule has 5 rings (SSSR count). The van der Waals surface area contributed by atoms with Gasteiger partial charge in [0.1, 0.15) is 10.5 Å². The van der Waals surface area contributed by atoms with Gasteiger partial charge in [0.2, 0.25) is 0 Å². The lowest BCUT2D eigenvalue weighted by molar-refractivity contribution is 0.120. The summed E-state index contributed by atoms with van der Waals surface area (Å²) in [6, 6.07) is 14.3. The number of nitrogens with zero attached hydrogens (tertiary/aromatic N) is 3. The van der Waals surface area contributed by atoms with Crippen LogP contribution in [0.4, 0.5) is 0 Å². The Labute approximate surface area is 187 Å². The molecule has 0 amide bonds. The number of piperazine rings is 1. The van der Waals surface area contributed by atoms with Gasteiger partial charge in [-0.25, -0.2) is 4.98 Å². The van der Waals surface area contributed by atoms with E-state index in [1.54, 1.807) is 0 Å². The monoisotopic (exact) mass is 456 g/mol. The number of hydrogen-bond donors (Lipinski definition) is 1. The van der Waals surface area contributed by atoms with E-state index >= 15 is 0 Å². The van der Waals surface area contributed by atoms with Gasteiger partial charge in [-0.2, -0.15) is 0 Å². The molecule has 0 unspecified atom stereocenters. The number of fused-ring (bicyclic) bond motifs is 1. The fraction of sp³-hybridized carbons (Fsp3) is 0.273. The molecular formula is C22H21ClN4OS2. The number of thiophene rings is 2. The normalized spacial score (nSPS) is 15.8. The number of aromatic nitrogens is 2. The maximum atomic E-state index is 12.2. The molecule has 1 aromatic carbocycles. The third kappa shape index (κ3) is 4.22. The van der Waals surface area contributed by atoms with Gasteiger partial charge in [0, 0.05) is 53.1 Å². The number of rotatable bonds is 5. The van der Waals surface area contributed by atoms with Crippen LogP contribution in [0.5, 0.6) is 0 Å². The molecule has 1 fully saturated rings. The maximum Gasteiger partial charge on any atom is 0.268 e. The van der Waals surface area contributed by atoms with Crippen molar-refractivity contribution in [3.05, 3.63) is 73.9 Å². The van der Waals surface area contributed by atoms with Gasteiger partial charge in [0.25, 0.3) is 5.56 Å². The van der Waals surface area contributed by atoms with Crippen LogP contribution in [0.1, 0.15) is 10.7 Å². The highest BCUT2D eigenvalue weighted by molar-refractivity contribution is 7.17. The van der Waals surface area contributed by atoms with Crippen molar-refractivity contribution in [3.63, 3.8) is 0 Å². The van der Waals surface area contributed by atoms with Gasteiger partial charge in [0.05, 0.1) is 12.1 Å². The third-order valence-corrected chi connectivity index (χ3v) is 7.72. The average molecular weight is 457 g/mol. The van der Waals surface area contributed by atoms with Crippen molar-refractivity contribution in [3.8, 4) is 10.4 Å². The van der Waals surface area contributed by atoms with Crippen molar-refractivity contribution >= 4 is 44.5 Å². The Kier molecular flexibility index (Phi) is 5.71. The first kappa shape index (κ1) is 19.9. The molecule has 0 atom stereocenters. The smallest absolute Gasteiger partial charge is 0.268 e. The topological polar surface area (TPSA) is 52.2 Å². The molecule has 5 nitrogen and oxygen atoms in total. The molecule has 0 bridgehead atoms. The number of aromatic amines is 1. The molecule has 8 heteroatoms. The van der Waals surface area contributed by atoms with E-state index in [0.717, 1.165) is 54.7 Å². The number of H-pyrrole nitrogens is 1. The second-order valence-electron chi connectivity index (χ2n) is 7.45. The van der Waals surface area contributed by atoms with Crippen molar-refractivity contribution < 1.29 is 0 Å². The van der Waals surface area contributed by atoms with Gasteiger partial charge < -0.3 is 4.98 Å². The fourth-order valence-electron chi connectivity index (χ4n) is 3.80. The van der Waals surface area contributed by atoms with Crippen molar-refractivity contribution in [1.29, 1.82) is 0 Å². The summed E-state index contributed by atoms with van der Waals surface area (Å²) in [5.41, 5.74) is 1.87. The lowest BCUT2D eigenvalue weighted by Gasteiger charge is -2.34. The summed E-state index contributed by atoms with van der Waals surface area (Å²) < 4.78 is 0.704. The summed E-state index contributed by atoms with van der Waals surface area (Å²) in [6.45, 7) is 5.58. The van der Waals surface area contributed by atoms with Crippen LogP contribution in [0.2, 0.25) is 5.02 Å². The van der Waals surface area contributed by atoms with Gasteiger partial charge in [-0.05, 0) is 29.6 Å². The van der Waals surface area contributed by atoms with Gasteiger partial charge in [-0.3, -0.25) is 14.6 Å². The van der Waals surface area contributed by atoms with Crippen LogP contribution < -0.4 is 5.56 Å². The lowest BCUT2D eigenvalue weighted by Crippen LogP contribution is -2.45. The standard InChI is InChI=1S/C22H21ClN4OS2/c23-17-4-2-1-3-16(17)19-6-5-15(30-19)13-26-8-10-27(11-9-26)14-20-24-18-7-12-29-21(18)22(28)25-20/h1-7,12H,8-11,13-14H2,(H,24,25,28). The van der Waals surface area contributed by atoms with Crippen molar-refractivity contribution in [1.82, 2.24) is 19.8 Å². The first-order valence-electron chi connectivity index (χ1n) is 9.90. The molecule has 3 aromatic heterocycles. The predicted octanol–water partition coefficient (Wildman–Crippen LogP) is 4.68. The number of hydrogen-bond acceptors (Lipinski definition) is 6. The quantitative estimate of drug-likeness (QED) is 0.473. The highest BCUT2D eigenvalue weighted by atomic mass is 35.5. The molecule has 4 heterocycles. The van der Waals surface area contributed by atoms with E-state index in [-0.39, 0.29) is 5.56 Å². The molecule has 0 saturated carbocycles. The van der Waals surface area contributed by atoms with E-state index in [1.807, 2.05) is 41.0 Å². The molecule has 1 aliphatic rings. The fourth-order valence-corrected chi connectivity index (χ4v) is 5.91. The van der Waals surface area contributed by atoms with Crippen molar-refractivity contribution in [2.75, 3.05) is 26.2 Å². The van der Waals surface area contributed by atoms with Crippen molar-refractivity contribution in [2.45, 2.75) is 13.1 Å². The molecule has 1 N–H and O–H groups in total. The van der Waals surface area contributed by atoms with Crippen LogP contribution >= 0.6 is 34.3 Å². The largest absolute Gasteiger partial charge is 0.308 e. The second kappa shape index (κ2) is 8.61. The first-order valence-corrected chi connectivity index (χ1v) is 12.0.